The molecule has 25 heteroatoms. The number of ether oxygens (including phenoxy) is 2. The topological polar surface area (TPSA) is 265 Å². The number of hydrogen-bond donors (Lipinski definition) is 1. The summed E-state index contributed by atoms with van der Waals surface area (Å²) in [4.78, 5) is 22.2. The van der Waals surface area contributed by atoms with E-state index in [-0.39, 0.29) is 0 Å². The van der Waals surface area contributed by atoms with E-state index in [2.05, 4.69) is 67.7 Å². The highest BCUT2D eigenvalue weighted by Crippen LogP contribution is 2.34. The maximum atomic E-state index is 13.4. The Kier molecular flexibility index (Phi) is 15.5. The van der Waals surface area contributed by atoms with Gasteiger partial charge in [0.05, 0.1) is 83.1 Å². The molecule has 2 aliphatic heterocycles. The van der Waals surface area contributed by atoms with E-state index < -0.39 is 19.5 Å². The van der Waals surface area contributed by atoms with Crippen LogP contribution in [0.1, 0.15) is 11.1 Å². The number of methoxy groups -OCH3 is 2. The first-order valence-electron chi connectivity index (χ1n) is 24.6. The molecule has 9 aromatic heterocycles. The minimum Gasteiger partial charge on any atom is -0.497 e. The van der Waals surface area contributed by atoms with Gasteiger partial charge in [-0.05, 0) is 76.6 Å². The maximum absolute atomic E-state index is 13.4. The summed E-state index contributed by atoms with van der Waals surface area (Å²) in [5, 5.41) is 36.5. The van der Waals surface area contributed by atoms with E-state index in [1.54, 1.807) is 75.9 Å². The average molecular weight is 1160 g/mol. The smallest absolute Gasteiger partial charge is 0.212 e. The number of benzene rings is 1. The second kappa shape index (κ2) is 22.9. The lowest BCUT2D eigenvalue weighted by Crippen LogP contribution is -2.40. The Morgan fingerprint density at radius 1 is 0.608 bits per heavy atom. The third-order valence-corrected chi connectivity index (χ3v) is 17.4. The third kappa shape index (κ3) is 12.1. The van der Waals surface area contributed by atoms with Gasteiger partial charge in [-0.3, -0.25) is 14.1 Å². The number of rotatable bonds is 9. The van der Waals surface area contributed by atoms with Crippen LogP contribution in [0.4, 0.5) is 17.3 Å². The first kappa shape index (κ1) is 53.4. The van der Waals surface area contributed by atoms with Crippen LogP contribution in [0.3, 0.4) is 0 Å². The fraction of sp³-hybridized carbons (Fsp3) is 0.222. The highest BCUT2D eigenvalue weighted by atomic mass is 79.9. The van der Waals surface area contributed by atoms with Crippen molar-refractivity contribution < 1.29 is 17.9 Å². The van der Waals surface area contributed by atoms with Gasteiger partial charge in [0.1, 0.15) is 40.6 Å². The lowest BCUT2D eigenvalue weighted by Gasteiger charge is -2.29. The number of pyridine rings is 4. The van der Waals surface area contributed by atoms with Crippen molar-refractivity contribution in [2.75, 3.05) is 73.2 Å². The number of anilines is 2. The van der Waals surface area contributed by atoms with Crippen LogP contribution in [0.2, 0.25) is 0 Å². The Morgan fingerprint density at radius 2 is 1.20 bits per heavy atom. The fourth-order valence-electron chi connectivity index (χ4n) is 8.90. The van der Waals surface area contributed by atoms with Crippen LogP contribution in [-0.2, 0) is 33.6 Å². The molecule has 0 spiro atoms. The molecule has 10 aromatic rings. The number of hydrogen-bond acceptors (Lipinski definition) is 18. The molecule has 79 heavy (non-hydrogen) atoms. The monoisotopic (exact) mass is 1160 g/mol. The van der Waals surface area contributed by atoms with Crippen LogP contribution < -0.4 is 19.3 Å². The largest absolute Gasteiger partial charge is 0.497 e. The van der Waals surface area contributed by atoms with Gasteiger partial charge in [-0.15, -0.1) is 0 Å². The summed E-state index contributed by atoms with van der Waals surface area (Å²) in [5.41, 5.74) is 9.53. The van der Waals surface area contributed by atoms with E-state index in [1.807, 2.05) is 104 Å². The van der Waals surface area contributed by atoms with Gasteiger partial charge in [-0.25, -0.2) is 37.4 Å². The van der Waals surface area contributed by atoms with Gasteiger partial charge in [-0.2, -0.15) is 35.3 Å². The number of nitrogens with zero attached hydrogens (tertiary/aromatic N) is 17. The van der Waals surface area contributed by atoms with E-state index in [0.29, 0.717) is 88.8 Å². The maximum Gasteiger partial charge on any atom is 0.212 e. The summed E-state index contributed by atoms with van der Waals surface area (Å²) in [7, 11) is 2.12. The van der Waals surface area contributed by atoms with Crippen molar-refractivity contribution in [3.8, 4) is 68.5 Å². The van der Waals surface area contributed by atoms with E-state index in [0.717, 1.165) is 60.8 Å². The summed E-state index contributed by atoms with van der Waals surface area (Å²) in [5.74, 6) is 4.62. The number of nitrogens with one attached hydrogen (secondary N) is 1. The quantitative estimate of drug-likeness (QED) is 0.143. The summed E-state index contributed by atoms with van der Waals surface area (Å²) in [6.07, 6.45) is 19.4. The standard InChI is InChI=1S/C28H26N8O2S.C20H19N9OS.C6H6BrNO/c1-34-18-23(17-31-34)21-13-26(28-22(14-29)16-32-36(28)19-21)20-3-8-27(30-15-20)35-9-11-39(37,12-10-35)33-24-4-6-25(38-2)7-5-24;1-27-12-16(11-24-27)17-13-29-20(15(8-21)10-25-29)19(26-17)14-2-3-18(23-9-14)28-4-6-31(22,30)7-5-28;1-9-6-3-2-5(7)4-8-6/h3-8,13,15-19H,9-12H2,1-2H3;2-3,9-13,22H,4-7H2,1H3;2-4H,1H3. The SMILES string of the molecule is COc1ccc(Br)cn1.COc1ccc(N=S2(=O)CCN(c3ccc(-c4cc(-c5cnn(C)c5)cn5ncc(C#N)c45)cn3)CC2)cc1.Cn1cc(-c2cn3ncc(C#N)c3c(-c3ccc(N4CCS(=N)(=O)CC4)nc3)n2)cn1. The van der Waals surface area contributed by atoms with Crippen molar-refractivity contribution in [1.29, 1.82) is 15.3 Å². The summed E-state index contributed by atoms with van der Waals surface area (Å²) < 4.78 is 55.4. The highest BCUT2D eigenvalue weighted by Gasteiger charge is 2.24. The van der Waals surface area contributed by atoms with Gasteiger partial charge in [0, 0.05) is 154 Å². The lowest BCUT2D eigenvalue weighted by molar-refractivity contribution is 0.397. The van der Waals surface area contributed by atoms with Gasteiger partial charge in [0.15, 0.2) is 0 Å². The molecule has 12 rings (SSSR count). The minimum atomic E-state index is -2.46. The van der Waals surface area contributed by atoms with Gasteiger partial charge in [0.2, 0.25) is 5.88 Å². The number of nitriles is 2. The van der Waals surface area contributed by atoms with Crippen LogP contribution >= 0.6 is 15.9 Å². The zero-order valence-electron chi connectivity index (χ0n) is 43.3. The van der Waals surface area contributed by atoms with E-state index in [1.165, 1.54) is 6.20 Å². The Hall–Kier alpha value is -9.04. The predicted molar refractivity (Wildman–Crippen MR) is 305 cm³/mol. The molecule has 2 aliphatic rings. The number of halogens is 1. The Bertz CT molecular complexity index is 4130. The van der Waals surface area contributed by atoms with E-state index in [9.17, 15) is 18.9 Å². The van der Waals surface area contributed by atoms with Crippen molar-refractivity contribution in [3.05, 3.63) is 150 Å². The second-order valence-corrected chi connectivity index (χ2v) is 24.2. The predicted octanol–water partition coefficient (Wildman–Crippen LogP) is 8.08. The van der Waals surface area contributed by atoms with Crippen molar-refractivity contribution >= 4 is 63.7 Å². The van der Waals surface area contributed by atoms with Crippen LogP contribution in [0.15, 0.2) is 144 Å². The van der Waals surface area contributed by atoms with Crippen LogP contribution in [0, 0.1) is 27.4 Å². The fourth-order valence-corrected chi connectivity index (χ4v) is 12.3. The minimum absolute atomic E-state index is 0.354. The molecule has 0 aliphatic carbocycles. The van der Waals surface area contributed by atoms with Crippen molar-refractivity contribution in [2.45, 2.75) is 0 Å². The van der Waals surface area contributed by atoms with Crippen LogP contribution in [0.25, 0.3) is 55.8 Å². The third-order valence-electron chi connectivity index (χ3n) is 13.1. The molecule has 0 amide bonds. The molecule has 2 fully saturated rings. The zero-order valence-corrected chi connectivity index (χ0v) is 46.5. The summed E-state index contributed by atoms with van der Waals surface area (Å²) >= 11 is 3.26. The molecule has 22 nitrogen and oxygen atoms in total. The molecule has 11 heterocycles. The molecule has 1 aromatic carbocycles. The first-order valence-corrected chi connectivity index (χ1v) is 29.1. The van der Waals surface area contributed by atoms with Gasteiger partial charge in [0.25, 0.3) is 0 Å². The average Bonchev–Trinajstić information content (AvgIpc) is 4.36. The molecule has 0 bridgehead atoms. The zero-order chi connectivity index (χ0) is 55.3. The molecular weight excluding hydrogens is 1110 g/mol. The number of aromatic nitrogens is 12. The summed E-state index contributed by atoms with van der Waals surface area (Å²) in [6.45, 7) is 2.31. The van der Waals surface area contributed by atoms with Gasteiger partial charge in [-0.1, -0.05) is 0 Å². The number of aryl methyl sites for hydroxylation is 2. The molecule has 0 radical (unpaired) electrons. The highest BCUT2D eigenvalue weighted by molar-refractivity contribution is 9.10. The van der Waals surface area contributed by atoms with Gasteiger partial charge < -0.3 is 19.3 Å². The Labute approximate surface area is 463 Å². The molecule has 1 N–H and O–H groups in total. The molecule has 0 saturated carbocycles. The molecule has 0 atom stereocenters. The van der Waals surface area contributed by atoms with E-state index in [4.69, 9.17) is 24.2 Å². The Balaban J connectivity index is 0.000000157. The second-order valence-electron chi connectivity index (χ2n) is 18.3. The van der Waals surface area contributed by atoms with Crippen molar-refractivity contribution in [3.63, 3.8) is 0 Å². The molecular formula is C54H51BrN18O4S2. The van der Waals surface area contributed by atoms with Crippen molar-refractivity contribution in [2.24, 2.45) is 18.5 Å². The lowest BCUT2D eigenvalue weighted by atomic mass is 10.0. The van der Waals surface area contributed by atoms with Crippen molar-refractivity contribution in [1.82, 2.24) is 58.7 Å². The first-order chi connectivity index (χ1) is 38.2. The Morgan fingerprint density at radius 3 is 1.75 bits per heavy atom. The molecule has 0 unspecified atom stereocenters. The summed E-state index contributed by atoms with van der Waals surface area (Å²) in [6, 6.07) is 25.2. The normalized spacial score (nSPS) is 14.5. The van der Waals surface area contributed by atoms with Gasteiger partial charge >= 0.3 is 0 Å². The molecule has 2 saturated heterocycles. The number of fused-ring (bicyclic) bond motifs is 2. The van der Waals surface area contributed by atoms with Crippen LogP contribution in [0.5, 0.6) is 11.6 Å². The van der Waals surface area contributed by atoms with E-state index >= 15 is 0 Å². The van der Waals surface area contributed by atoms with Crippen LogP contribution in [-0.4, -0.2) is 131 Å². The molecule has 400 valence electrons.